The summed E-state index contributed by atoms with van der Waals surface area (Å²) in [4.78, 5) is 0. The molecule has 2 rings (SSSR count). The zero-order chi connectivity index (χ0) is 14.9. The van der Waals surface area contributed by atoms with Crippen molar-refractivity contribution in [3.05, 3.63) is 34.3 Å². The topological polar surface area (TPSA) is 54.4 Å². The molecule has 1 aliphatic rings. The summed E-state index contributed by atoms with van der Waals surface area (Å²) in [5.74, 6) is -0.0126. The summed E-state index contributed by atoms with van der Waals surface area (Å²) in [5.41, 5.74) is 1.79. The number of halogens is 1. The minimum atomic E-state index is -3.03. The van der Waals surface area contributed by atoms with Crippen molar-refractivity contribution in [2.24, 2.45) is 5.92 Å². The first-order valence-corrected chi connectivity index (χ1v) is 9.24. The van der Waals surface area contributed by atoms with Gasteiger partial charge in [0.25, 0.3) is 0 Å². The van der Waals surface area contributed by atoms with E-state index in [4.69, 9.17) is 11.6 Å². The third-order valence-electron chi connectivity index (χ3n) is 4.12. The Morgan fingerprint density at radius 3 is 2.60 bits per heavy atom. The standard InChI is InChI=1S/C15H21ClO3S/c1-10-6-12(8-13(16)7-10)15(17)11-4-3-5-14(9-11)20(2,18)19/h6-8,11,14-15,17H,3-5,9H2,1-2H3. The van der Waals surface area contributed by atoms with Gasteiger partial charge in [-0.25, -0.2) is 8.42 Å². The number of hydrogen-bond donors (Lipinski definition) is 1. The SMILES string of the molecule is Cc1cc(Cl)cc(C(O)C2CCCC(S(C)(=O)=O)C2)c1. The van der Waals surface area contributed by atoms with Crippen LogP contribution < -0.4 is 0 Å². The summed E-state index contributed by atoms with van der Waals surface area (Å²) in [6.07, 6.45) is 3.59. The second-order valence-corrected chi connectivity index (χ2v) is 8.65. The lowest BCUT2D eigenvalue weighted by atomic mass is 9.82. The minimum Gasteiger partial charge on any atom is -0.388 e. The molecule has 1 aromatic carbocycles. The minimum absolute atomic E-state index is 0.0126. The summed E-state index contributed by atoms with van der Waals surface area (Å²) in [6, 6.07) is 5.53. The molecule has 1 saturated carbocycles. The van der Waals surface area contributed by atoms with Crippen molar-refractivity contribution < 1.29 is 13.5 Å². The van der Waals surface area contributed by atoms with Gasteiger partial charge in [-0.05, 0) is 55.4 Å². The monoisotopic (exact) mass is 316 g/mol. The van der Waals surface area contributed by atoms with Crippen LogP contribution >= 0.6 is 11.6 Å². The Balaban J connectivity index is 2.18. The van der Waals surface area contributed by atoms with Gasteiger partial charge in [-0.2, -0.15) is 0 Å². The van der Waals surface area contributed by atoms with Gasteiger partial charge in [0.15, 0.2) is 0 Å². The Hall–Kier alpha value is -0.580. The predicted octanol–water partition coefficient (Wildman–Crippen LogP) is 3.29. The lowest BCUT2D eigenvalue weighted by Crippen LogP contribution is -2.30. The van der Waals surface area contributed by atoms with E-state index in [0.29, 0.717) is 17.9 Å². The third-order valence-corrected chi connectivity index (χ3v) is 5.98. The molecule has 3 nitrogen and oxygen atoms in total. The largest absolute Gasteiger partial charge is 0.388 e. The van der Waals surface area contributed by atoms with Crippen LogP contribution in [0.25, 0.3) is 0 Å². The van der Waals surface area contributed by atoms with Gasteiger partial charge in [0.1, 0.15) is 9.84 Å². The number of sulfone groups is 1. The van der Waals surface area contributed by atoms with Gasteiger partial charge in [-0.1, -0.05) is 24.1 Å². The van der Waals surface area contributed by atoms with E-state index in [1.807, 2.05) is 19.1 Å². The van der Waals surface area contributed by atoms with Crippen molar-refractivity contribution in [2.45, 2.75) is 44.0 Å². The molecular formula is C15H21ClO3S. The fourth-order valence-corrected chi connectivity index (χ4v) is 4.55. The molecule has 1 aromatic rings. The maximum absolute atomic E-state index is 11.7. The second-order valence-electron chi connectivity index (χ2n) is 5.88. The van der Waals surface area contributed by atoms with Crippen LogP contribution in [0.1, 0.15) is 42.9 Å². The van der Waals surface area contributed by atoms with Crippen molar-refractivity contribution in [3.63, 3.8) is 0 Å². The van der Waals surface area contributed by atoms with E-state index in [1.165, 1.54) is 6.26 Å². The van der Waals surface area contributed by atoms with E-state index in [1.54, 1.807) is 6.07 Å². The van der Waals surface area contributed by atoms with Crippen molar-refractivity contribution in [1.82, 2.24) is 0 Å². The summed E-state index contributed by atoms with van der Waals surface area (Å²) in [5, 5.41) is 10.8. The molecule has 0 aromatic heterocycles. The zero-order valence-electron chi connectivity index (χ0n) is 11.8. The summed E-state index contributed by atoms with van der Waals surface area (Å²) in [7, 11) is -3.03. The molecule has 3 unspecified atom stereocenters. The maximum atomic E-state index is 11.7. The number of aliphatic hydroxyl groups is 1. The van der Waals surface area contributed by atoms with Gasteiger partial charge in [-0.3, -0.25) is 0 Å². The van der Waals surface area contributed by atoms with E-state index in [9.17, 15) is 13.5 Å². The molecule has 0 amide bonds. The summed E-state index contributed by atoms with van der Waals surface area (Å²) >= 11 is 6.03. The fraction of sp³-hybridized carbons (Fsp3) is 0.600. The smallest absolute Gasteiger partial charge is 0.150 e. The molecule has 112 valence electrons. The fourth-order valence-electron chi connectivity index (χ4n) is 3.06. The Morgan fingerprint density at radius 2 is 2.00 bits per heavy atom. The molecule has 0 aliphatic heterocycles. The normalized spacial score (nSPS) is 25.4. The van der Waals surface area contributed by atoms with Crippen molar-refractivity contribution >= 4 is 21.4 Å². The molecule has 0 heterocycles. The van der Waals surface area contributed by atoms with E-state index in [2.05, 4.69) is 0 Å². The Labute approximate surface area is 125 Å². The zero-order valence-corrected chi connectivity index (χ0v) is 13.4. The molecule has 5 heteroatoms. The van der Waals surface area contributed by atoms with Crippen LogP contribution in [0.2, 0.25) is 5.02 Å². The molecule has 0 bridgehead atoms. The highest BCUT2D eigenvalue weighted by Crippen LogP contribution is 2.37. The van der Waals surface area contributed by atoms with Crippen LogP contribution in [0.15, 0.2) is 18.2 Å². The van der Waals surface area contributed by atoms with E-state index in [-0.39, 0.29) is 11.2 Å². The molecule has 1 fully saturated rings. The van der Waals surface area contributed by atoms with Crippen LogP contribution in [0.4, 0.5) is 0 Å². The van der Waals surface area contributed by atoms with Crippen LogP contribution in [-0.2, 0) is 9.84 Å². The lowest BCUT2D eigenvalue weighted by Gasteiger charge is -2.31. The van der Waals surface area contributed by atoms with Crippen LogP contribution in [0, 0.1) is 12.8 Å². The van der Waals surface area contributed by atoms with E-state index in [0.717, 1.165) is 24.0 Å². The van der Waals surface area contributed by atoms with Crippen molar-refractivity contribution in [3.8, 4) is 0 Å². The Bertz CT molecular complexity index is 563. The molecule has 1 aliphatic carbocycles. The molecule has 20 heavy (non-hydrogen) atoms. The average Bonchev–Trinajstić information content (AvgIpc) is 2.36. The van der Waals surface area contributed by atoms with Crippen molar-refractivity contribution in [2.75, 3.05) is 6.26 Å². The highest BCUT2D eigenvalue weighted by atomic mass is 35.5. The van der Waals surface area contributed by atoms with Crippen LogP contribution in [0.5, 0.6) is 0 Å². The van der Waals surface area contributed by atoms with Gasteiger partial charge in [-0.15, -0.1) is 0 Å². The molecule has 0 saturated heterocycles. The average molecular weight is 317 g/mol. The second kappa shape index (κ2) is 6.04. The number of benzene rings is 1. The number of rotatable bonds is 3. The quantitative estimate of drug-likeness (QED) is 0.931. The first-order valence-electron chi connectivity index (χ1n) is 6.91. The first-order chi connectivity index (χ1) is 9.27. The van der Waals surface area contributed by atoms with Crippen LogP contribution in [0.3, 0.4) is 0 Å². The summed E-state index contributed by atoms with van der Waals surface area (Å²) in [6.45, 7) is 1.93. The van der Waals surface area contributed by atoms with Gasteiger partial charge < -0.3 is 5.11 Å². The van der Waals surface area contributed by atoms with Gasteiger partial charge in [0.05, 0.1) is 11.4 Å². The molecule has 0 radical (unpaired) electrons. The molecule has 3 atom stereocenters. The number of aryl methyl sites for hydroxylation is 1. The number of aliphatic hydroxyl groups excluding tert-OH is 1. The lowest BCUT2D eigenvalue weighted by molar-refractivity contribution is 0.0857. The highest BCUT2D eigenvalue weighted by Gasteiger charge is 2.33. The van der Waals surface area contributed by atoms with E-state index >= 15 is 0 Å². The first kappa shape index (κ1) is 15.8. The van der Waals surface area contributed by atoms with E-state index < -0.39 is 15.9 Å². The predicted molar refractivity (Wildman–Crippen MR) is 81.7 cm³/mol. The number of hydrogen-bond acceptors (Lipinski definition) is 3. The van der Waals surface area contributed by atoms with Gasteiger partial charge >= 0.3 is 0 Å². The summed E-state index contributed by atoms with van der Waals surface area (Å²) < 4.78 is 23.4. The Kier molecular flexibility index (Phi) is 4.77. The molecule has 1 N–H and O–H groups in total. The van der Waals surface area contributed by atoms with Crippen molar-refractivity contribution in [1.29, 1.82) is 0 Å². The van der Waals surface area contributed by atoms with Gasteiger partial charge in [0.2, 0.25) is 0 Å². The third kappa shape index (κ3) is 3.74. The highest BCUT2D eigenvalue weighted by molar-refractivity contribution is 7.91. The van der Waals surface area contributed by atoms with Crippen LogP contribution in [-0.4, -0.2) is 25.0 Å². The maximum Gasteiger partial charge on any atom is 0.150 e. The molecular weight excluding hydrogens is 296 g/mol. The molecule has 0 spiro atoms. The Morgan fingerprint density at radius 1 is 1.30 bits per heavy atom. The van der Waals surface area contributed by atoms with Gasteiger partial charge in [0, 0.05) is 11.3 Å².